The van der Waals surface area contributed by atoms with Crippen LogP contribution in [0.15, 0.2) is 47.4 Å². The van der Waals surface area contributed by atoms with Gasteiger partial charge in [0.25, 0.3) is 0 Å². The minimum absolute atomic E-state index is 0. The number of nitrogens with two attached hydrogens (primary N) is 1. The fourth-order valence-corrected chi connectivity index (χ4v) is 4.02. The van der Waals surface area contributed by atoms with Gasteiger partial charge in [-0.15, -0.1) is 24.2 Å². The molecule has 2 aromatic carbocycles. The Hall–Kier alpha value is -1.23. The highest BCUT2D eigenvalue weighted by Gasteiger charge is 2.24. The van der Waals surface area contributed by atoms with Gasteiger partial charge >= 0.3 is 0 Å². The molecule has 2 aromatic rings. The Morgan fingerprint density at radius 2 is 1.88 bits per heavy atom. The Bertz CT molecular complexity index is 684. The summed E-state index contributed by atoms with van der Waals surface area (Å²) in [4.78, 5) is 15.5. The predicted molar refractivity (Wildman–Crippen MR) is 105 cm³/mol. The Kier molecular flexibility index (Phi) is 6.96. The average molecular weight is 365 g/mol. The molecule has 1 saturated heterocycles. The highest BCUT2D eigenvalue weighted by atomic mass is 35.5. The number of thioether (sulfide) groups is 1. The Labute approximate surface area is 154 Å². The lowest BCUT2D eigenvalue weighted by molar-refractivity contribution is -0.129. The normalized spacial score (nSPS) is 16.7. The van der Waals surface area contributed by atoms with Crippen LogP contribution in [-0.2, 0) is 4.79 Å². The van der Waals surface area contributed by atoms with Crippen molar-refractivity contribution in [3.8, 4) is 0 Å². The van der Waals surface area contributed by atoms with E-state index in [1.807, 2.05) is 17.0 Å². The van der Waals surface area contributed by atoms with E-state index in [-0.39, 0.29) is 24.4 Å². The van der Waals surface area contributed by atoms with Crippen LogP contribution >= 0.6 is 24.2 Å². The molecule has 0 spiro atoms. The lowest BCUT2D eigenvalue weighted by Crippen LogP contribution is -2.43. The molecule has 1 heterocycles. The van der Waals surface area contributed by atoms with Crippen LogP contribution in [0.25, 0.3) is 10.8 Å². The predicted octanol–water partition coefficient (Wildman–Crippen LogP) is 3.94. The molecular weight excluding hydrogens is 340 g/mol. The van der Waals surface area contributed by atoms with Crippen LogP contribution in [0.4, 0.5) is 0 Å². The van der Waals surface area contributed by atoms with Crippen LogP contribution in [0.3, 0.4) is 0 Å². The monoisotopic (exact) mass is 364 g/mol. The van der Waals surface area contributed by atoms with Crippen LogP contribution in [0, 0.1) is 5.92 Å². The second-order valence-electron chi connectivity index (χ2n) is 6.37. The van der Waals surface area contributed by atoms with Gasteiger partial charge < -0.3 is 10.6 Å². The summed E-state index contributed by atoms with van der Waals surface area (Å²) in [6, 6.07) is 14.9. The first kappa shape index (κ1) is 19.1. The zero-order chi connectivity index (χ0) is 16.2. The quantitative estimate of drug-likeness (QED) is 0.836. The number of amides is 1. The molecule has 5 heteroatoms. The number of benzene rings is 2. The number of halogens is 1. The molecule has 0 saturated carbocycles. The van der Waals surface area contributed by atoms with Crippen molar-refractivity contribution in [1.82, 2.24) is 4.90 Å². The van der Waals surface area contributed by atoms with E-state index in [1.54, 1.807) is 11.8 Å². The van der Waals surface area contributed by atoms with E-state index in [0.717, 1.165) is 30.8 Å². The van der Waals surface area contributed by atoms with E-state index in [2.05, 4.69) is 37.3 Å². The number of likely N-dealkylation sites (tertiary alicyclic amines) is 1. The Morgan fingerprint density at radius 1 is 1.21 bits per heavy atom. The van der Waals surface area contributed by atoms with Crippen molar-refractivity contribution in [2.45, 2.75) is 30.7 Å². The van der Waals surface area contributed by atoms with Gasteiger partial charge in [0.05, 0.1) is 5.75 Å². The van der Waals surface area contributed by atoms with Crippen molar-refractivity contribution >= 4 is 40.8 Å². The van der Waals surface area contributed by atoms with Crippen molar-refractivity contribution < 1.29 is 4.79 Å². The van der Waals surface area contributed by atoms with Crippen LogP contribution in [0.1, 0.15) is 19.8 Å². The third-order valence-corrected chi connectivity index (χ3v) is 5.70. The summed E-state index contributed by atoms with van der Waals surface area (Å²) in [7, 11) is 0. The van der Waals surface area contributed by atoms with Crippen molar-refractivity contribution in [3.63, 3.8) is 0 Å². The maximum absolute atomic E-state index is 12.4. The van der Waals surface area contributed by atoms with Crippen molar-refractivity contribution in [2.24, 2.45) is 11.7 Å². The second-order valence-corrected chi connectivity index (χ2v) is 7.42. The summed E-state index contributed by atoms with van der Waals surface area (Å²) >= 11 is 1.63. The molecule has 24 heavy (non-hydrogen) atoms. The number of piperidine rings is 1. The van der Waals surface area contributed by atoms with E-state index in [0.29, 0.717) is 11.7 Å². The number of hydrogen-bond donors (Lipinski definition) is 1. The molecule has 1 aliphatic heterocycles. The summed E-state index contributed by atoms with van der Waals surface area (Å²) in [6.07, 6.45) is 2.06. The molecule has 3 nitrogen and oxygen atoms in total. The molecule has 1 fully saturated rings. The van der Waals surface area contributed by atoms with E-state index in [1.165, 1.54) is 10.8 Å². The SMILES string of the molecule is CC(N)C1CCN(C(=O)CSc2ccc3ccccc3c2)CC1.Cl. The fraction of sp³-hybridized carbons (Fsp3) is 0.421. The zero-order valence-corrected chi connectivity index (χ0v) is 15.6. The first-order valence-corrected chi connectivity index (χ1v) is 9.27. The highest BCUT2D eigenvalue weighted by Crippen LogP contribution is 2.25. The lowest BCUT2D eigenvalue weighted by atomic mass is 9.91. The number of hydrogen-bond acceptors (Lipinski definition) is 3. The topological polar surface area (TPSA) is 46.3 Å². The third-order valence-electron chi connectivity index (χ3n) is 4.72. The molecule has 1 amide bonds. The van der Waals surface area contributed by atoms with Crippen LogP contribution in [0.2, 0.25) is 0 Å². The molecule has 3 rings (SSSR count). The third kappa shape index (κ3) is 4.65. The summed E-state index contributed by atoms with van der Waals surface area (Å²) < 4.78 is 0. The van der Waals surface area contributed by atoms with Crippen LogP contribution in [0.5, 0.6) is 0 Å². The summed E-state index contributed by atoms with van der Waals surface area (Å²) in [6.45, 7) is 3.77. The minimum Gasteiger partial charge on any atom is -0.342 e. The molecule has 2 N–H and O–H groups in total. The number of rotatable bonds is 4. The number of carbonyl (C=O) groups is 1. The van der Waals surface area contributed by atoms with Crippen LogP contribution < -0.4 is 5.73 Å². The van der Waals surface area contributed by atoms with E-state index in [9.17, 15) is 4.79 Å². The number of carbonyl (C=O) groups excluding carboxylic acids is 1. The molecule has 1 atom stereocenters. The maximum atomic E-state index is 12.4. The minimum atomic E-state index is 0. The fourth-order valence-electron chi connectivity index (χ4n) is 3.17. The zero-order valence-electron chi connectivity index (χ0n) is 14.0. The standard InChI is InChI=1S/C19H24N2OS.ClH/c1-14(20)15-8-10-21(11-9-15)19(22)13-23-18-7-6-16-4-2-3-5-17(16)12-18;/h2-7,12,14-15H,8-11,13,20H2,1H3;1H. The molecule has 1 unspecified atom stereocenters. The lowest BCUT2D eigenvalue weighted by Gasteiger charge is -2.33. The Morgan fingerprint density at radius 3 is 2.54 bits per heavy atom. The van der Waals surface area contributed by atoms with Crippen molar-refractivity contribution in [1.29, 1.82) is 0 Å². The number of nitrogens with zero attached hydrogens (tertiary/aromatic N) is 1. The van der Waals surface area contributed by atoms with Gasteiger partial charge in [0.2, 0.25) is 5.91 Å². The molecule has 1 aliphatic rings. The van der Waals surface area contributed by atoms with E-state index >= 15 is 0 Å². The molecule has 0 aliphatic carbocycles. The van der Waals surface area contributed by atoms with Crippen LogP contribution in [-0.4, -0.2) is 35.7 Å². The van der Waals surface area contributed by atoms with E-state index in [4.69, 9.17) is 5.73 Å². The van der Waals surface area contributed by atoms with Gasteiger partial charge in [0, 0.05) is 24.0 Å². The molecule has 0 aromatic heterocycles. The first-order chi connectivity index (χ1) is 11.1. The largest absolute Gasteiger partial charge is 0.342 e. The molecule has 0 radical (unpaired) electrons. The smallest absolute Gasteiger partial charge is 0.232 e. The van der Waals surface area contributed by atoms with Gasteiger partial charge in [0.1, 0.15) is 0 Å². The number of fused-ring (bicyclic) bond motifs is 1. The van der Waals surface area contributed by atoms with Gasteiger partial charge in [-0.05, 0) is 48.6 Å². The van der Waals surface area contributed by atoms with Gasteiger partial charge in [0.15, 0.2) is 0 Å². The summed E-state index contributed by atoms with van der Waals surface area (Å²) in [5.41, 5.74) is 5.96. The van der Waals surface area contributed by atoms with Crippen molar-refractivity contribution in [3.05, 3.63) is 42.5 Å². The molecule has 0 bridgehead atoms. The van der Waals surface area contributed by atoms with Gasteiger partial charge in [-0.1, -0.05) is 30.3 Å². The van der Waals surface area contributed by atoms with Gasteiger partial charge in [-0.3, -0.25) is 4.79 Å². The van der Waals surface area contributed by atoms with Gasteiger partial charge in [-0.2, -0.15) is 0 Å². The van der Waals surface area contributed by atoms with E-state index < -0.39 is 0 Å². The Balaban J connectivity index is 0.00000208. The summed E-state index contributed by atoms with van der Waals surface area (Å²) in [5.74, 6) is 1.32. The average Bonchev–Trinajstić information content (AvgIpc) is 2.59. The van der Waals surface area contributed by atoms with Gasteiger partial charge in [-0.25, -0.2) is 0 Å². The first-order valence-electron chi connectivity index (χ1n) is 8.28. The maximum Gasteiger partial charge on any atom is 0.232 e. The molecular formula is C19H25ClN2OS. The summed E-state index contributed by atoms with van der Waals surface area (Å²) in [5, 5.41) is 2.46. The highest BCUT2D eigenvalue weighted by molar-refractivity contribution is 8.00. The molecule has 130 valence electrons. The van der Waals surface area contributed by atoms with Crippen molar-refractivity contribution in [2.75, 3.05) is 18.8 Å². The second kappa shape index (κ2) is 8.75.